The summed E-state index contributed by atoms with van der Waals surface area (Å²) in [6, 6.07) is 0.782. The zero-order valence-electron chi connectivity index (χ0n) is 10.4. The summed E-state index contributed by atoms with van der Waals surface area (Å²) in [4.78, 5) is 2.50. The normalized spacial score (nSPS) is 22.5. The molecule has 0 radical (unpaired) electrons. The number of likely N-dealkylation sites (tertiary alicyclic amines) is 1. The second kappa shape index (κ2) is 9.23. The molecule has 1 atom stereocenters. The van der Waals surface area contributed by atoms with Gasteiger partial charge in [0.15, 0.2) is 0 Å². The van der Waals surface area contributed by atoms with Crippen molar-refractivity contribution in [3.8, 4) is 0 Å². The quantitative estimate of drug-likeness (QED) is 0.523. The maximum Gasteiger partial charge on any atom is 0.0602 e. The Labute approximate surface area is 104 Å². The smallest absolute Gasteiger partial charge is 0.0602 e. The molecule has 0 saturated carbocycles. The summed E-state index contributed by atoms with van der Waals surface area (Å²) in [6.45, 7) is 4.73. The van der Waals surface area contributed by atoms with Gasteiger partial charge >= 0.3 is 0 Å². The average molecular weight is 249 g/mol. The maximum atomic E-state index is 5.51. The third kappa shape index (κ3) is 6.04. The first-order chi connectivity index (χ1) is 7.84. The van der Waals surface area contributed by atoms with Crippen LogP contribution in [0, 0.1) is 0 Å². The van der Waals surface area contributed by atoms with Crippen LogP contribution in [0.15, 0.2) is 0 Å². The van der Waals surface area contributed by atoms with Gasteiger partial charge in [0.2, 0.25) is 0 Å². The van der Waals surface area contributed by atoms with Crippen LogP contribution < -0.4 is 5.32 Å². The van der Waals surface area contributed by atoms with Gasteiger partial charge < -0.3 is 15.0 Å². The average Bonchev–Trinajstić information content (AvgIpc) is 2.30. The number of nitrogens with zero attached hydrogens (tertiary/aromatic N) is 1. The zero-order valence-corrected chi connectivity index (χ0v) is 11.1. The molecule has 1 N–H and O–H groups in total. The van der Waals surface area contributed by atoms with Crippen LogP contribution in [-0.4, -0.2) is 56.7 Å². The van der Waals surface area contributed by atoms with Crippen LogP contribution in [0.2, 0.25) is 0 Å². The maximum absolute atomic E-state index is 5.51. The number of ether oxygens (including phenoxy) is 1. The van der Waals surface area contributed by atoms with Crippen LogP contribution >= 0.6 is 11.6 Å². The van der Waals surface area contributed by atoms with Crippen molar-refractivity contribution in [3.63, 3.8) is 0 Å². The Kier molecular flexibility index (Phi) is 8.21. The van der Waals surface area contributed by atoms with E-state index in [0.29, 0.717) is 12.5 Å². The van der Waals surface area contributed by atoms with Gasteiger partial charge in [-0.2, -0.15) is 0 Å². The van der Waals surface area contributed by atoms with Crippen LogP contribution in [0.5, 0.6) is 0 Å². The van der Waals surface area contributed by atoms with E-state index in [1.807, 2.05) is 0 Å². The van der Waals surface area contributed by atoms with Crippen molar-refractivity contribution in [3.05, 3.63) is 0 Å². The number of rotatable bonds is 8. The molecule has 0 aliphatic carbocycles. The minimum Gasteiger partial charge on any atom is -0.379 e. The van der Waals surface area contributed by atoms with Crippen LogP contribution in [0.3, 0.4) is 0 Å². The lowest BCUT2D eigenvalue weighted by Crippen LogP contribution is -2.38. The molecule has 1 rings (SSSR count). The van der Waals surface area contributed by atoms with Crippen molar-refractivity contribution in [2.45, 2.75) is 31.7 Å². The van der Waals surface area contributed by atoms with E-state index in [4.69, 9.17) is 16.3 Å². The van der Waals surface area contributed by atoms with Gasteiger partial charge in [-0.1, -0.05) is 6.42 Å². The highest BCUT2D eigenvalue weighted by molar-refractivity contribution is 6.17. The molecule has 1 saturated heterocycles. The molecule has 1 heterocycles. The highest BCUT2D eigenvalue weighted by atomic mass is 35.5. The third-order valence-corrected chi connectivity index (χ3v) is 3.37. The second-order valence-electron chi connectivity index (χ2n) is 4.47. The molecule has 0 aromatic carbocycles. The summed E-state index contributed by atoms with van der Waals surface area (Å²) in [5.41, 5.74) is 0. The van der Waals surface area contributed by atoms with Crippen LogP contribution in [0.4, 0.5) is 0 Å². The number of halogens is 1. The Balaban J connectivity index is 1.90. The lowest BCUT2D eigenvalue weighted by Gasteiger charge is -2.32. The molecule has 1 aliphatic rings. The standard InChI is InChI=1S/C12H25ClN2O/c1-15-9-3-2-4-12(15)5-7-14-8-11-16-10-6-13/h12,14H,2-11H2,1H3. The molecule has 0 amide bonds. The molecule has 96 valence electrons. The molecule has 0 spiro atoms. The van der Waals surface area contributed by atoms with Gasteiger partial charge in [0.1, 0.15) is 0 Å². The number of hydrogen-bond acceptors (Lipinski definition) is 3. The molecule has 0 aromatic rings. The summed E-state index contributed by atoms with van der Waals surface area (Å²) in [7, 11) is 2.24. The fraction of sp³-hybridized carbons (Fsp3) is 1.00. The van der Waals surface area contributed by atoms with Crippen molar-refractivity contribution >= 4 is 11.6 Å². The van der Waals surface area contributed by atoms with E-state index in [2.05, 4.69) is 17.3 Å². The van der Waals surface area contributed by atoms with E-state index in [-0.39, 0.29) is 0 Å². The monoisotopic (exact) mass is 248 g/mol. The summed E-state index contributed by atoms with van der Waals surface area (Å²) >= 11 is 5.51. The van der Waals surface area contributed by atoms with Crippen molar-refractivity contribution in [2.75, 3.05) is 45.8 Å². The molecule has 1 aliphatic heterocycles. The minimum absolute atomic E-state index is 0.590. The Hall–Kier alpha value is 0.170. The lowest BCUT2D eigenvalue weighted by molar-refractivity contribution is 0.147. The van der Waals surface area contributed by atoms with Gasteiger partial charge in [0, 0.05) is 18.5 Å². The molecular formula is C12H25ClN2O. The molecule has 0 bridgehead atoms. The minimum atomic E-state index is 0.590. The third-order valence-electron chi connectivity index (χ3n) is 3.22. The molecule has 0 aromatic heterocycles. The van der Waals surface area contributed by atoms with Gasteiger partial charge in [0.25, 0.3) is 0 Å². The first kappa shape index (κ1) is 14.2. The lowest BCUT2D eigenvalue weighted by atomic mass is 10.0. The highest BCUT2D eigenvalue weighted by Crippen LogP contribution is 2.16. The fourth-order valence-corrected chi connectivity index (χ4v) is 2.31. The first-order valence-corrected chi connectivity index (χ1v) is 6.92. The van der Waals surface area contributed by atoms with Gasteiger partial charge in [-0.15, -0.1) is 11.6 Å². The highest BCUT2D eigenvalue weighted by Gasteiger charge is 2.17. The number of hydrogen-bond donors (Lipinski definition) is 1. The molecule has 1 fully saturated rings. The fourth-order valence-electron chi connectivity index (χ4n) is 2.20. The summed E-state index contributed by atoms with van der Waals surface area (Å²) in [6.07, 6.45) is 5.38. The number of piperidine rings is 1. The van der Waals surface area contributed by atoms with Crippen molar-refractivity contribution in [1.82, 2.24) is 10.2 Å². The van der Waals surface area contributed by atoms with E-state index in [0.717, 1.165) is 25.7 Å². The van der Waals surface area contributed by atoms with E-state index < -0.39 is 0 Å². The van der Waals surface area contributed by atoms with Crippen LogP contribution in [0.25, 0.3) is 0 Å². The van der Waals surface area contributed by atoms with Gasteiger partial charge in [-0.3, -0.25) is 0 Å². The first-order valence-electron chi connectivity index (χ1n) is 6.39. The molecule has 4 heteroatoms. The number of alkyl halides is 1. The van der Waals surface area contributed by atoms with Gasteiger partial charge in [0.05, 0.1) is 13.2 Å². The Morgan fingerprint density at radius 3 is 2.94 bits per heavy atom. The number of nitrogens with one attached hydrogen (secondary N) is 1. The topological polar surface area (TPSA) is 24.5 Å². The van der Waals surface area contributed by atoms with E-state index in [1.54, 1.807) is 0 Å². The SMILES string of the molecule is CN1CCCCC1CCNCCOCCCl. The van der Waals surface area contributed by atoms with Crippen molar-refractivity contribution < 1.29 is 4.74 Å². The van der Waals surface area contributed by atoms with Gasteiger partial charge in [-0.25, -0.2) is 0 Å². The van der Waals surface area contributed by atoms with Crippen LogP contribution in [-0.2, 0) is 4.74 Å². The second-order valence-corrected chi connectivity index (χ2v) is 4.85. The zero-order chi connectivity index (χ0) is 11.6. The van der Waals surface area contributed by atoms with Crippen LogP contribution in [0.1, 0.15) is 25.7 Å². The van der Waals surface area contributed by atoms with Crippen molar-refractivity contribution in [2.24, 2.45) is 0 Å². The molecule has 16 heavy (non-hydrogen) atoms. The Morgan fingerprint density at radius 1 is 1.31 bits per heavy atom. The Bertz CT molecular complexity index is 169. The predicted molar refractivity (Wildman–Crippen MR) is 69.3 cm³/mol. The largest absolute Gasteiger partial charge is 0.379 e. The van der Waals surface area contributed by atoms with E-state index in [1.165, 1.54) is 32.2 Å². The molecular weight excluding hydrogens is 224 g/mol. The molecule has 3 nitrogen and oxygen atoms in total. The summed E-state index contributed by atoms with van der Waals surface area (Å²) in [5.74, 6) is 0.590. The van der Waals surface area contributed by atoms with E-state index >= 15 is 0 Å². The van der Waals surface area contributed by atoms with Crippen molar-refractivity contribution in [1.29, 1.82) is 0 Å². The summed E-state index contributed by atoms with van der Waals surface area (Å²) < 4.78 is 5.29. The Morgan fingerprint density at radius 2 is 2.19 bits per heavy atom. The van der Waals surface area contributed by atoms with Gasteiger partial charge in [-0.05, 0) is 39.4 Å². The summed E-state index contributed by atoms with van der Waals surface area (Å²) in [5, 5.41) is 3.42. The predicted octanol–water partition coefficient (Wildman–Crippen LogP) is 1.71. The van der Waals surface area contributed by atoms with E-state index in [9.17, 15) is 0 Å². The molecule has 1 unspecified atom stereocenters.